The number of carbonyl (C=O) groups is 2. The van der Waals surface area contributed by atoms with Gasteiger partial charge in [0.2, 0.25) is 5.91 Å². The highest BCUT2D eigenvalue weighted by Crippen LogP contribution is 2.42. The predicted octanol–water partition coefficient (Wildman–Crippen LogP) is 1.58. The molecule has 0 aromatic carbocycles. The lowest BCUT2D eigenvalue weighted by Crippen LogP contribution is -2.47. The van der Waals surface area contributed by atoms with Gasteiger partial charge in [-0.05, 0) is 36.1 Å². The van der Waals surface area contributed by atoms with Gasteiger partial charge in [-0.3, -0.25) is 9.59 Å². The topological polar surface area (TPSA) is 86.8 Å². The Balaban J connectivity index is 1.37. The van der Waals surface area contributed by atoms with Crippen molar-refractivity contribution in [3.8, 4) is 0 Å². The van der Waals surface area contributed by atoms with Gasteiger partial charge in [0.25, 0.3) is 15.3 Å². The van der Waals surface area contributed by atoms with Gasteiger partial charge in [0, 0.05) is 31.9 Å². The normalized spacial score (nSPS) is 26.4. The molecular formula is C16H21N3O4S3. The van der Waals surface area contributed by atoms with Crippen molar-refractivity contribution >= 4 is 44.3 Å². The summed E-state index contributed by atoms with van der Waals surface area (Å²) in [4.78, 5) is 25.8. The lowest BCUT2D eigenvalue weighted by Gasteiger charge is -2.38. The van der Waals surface area contributed by atoms with Gasteiger partial charge in [-0.15, -0.1) is 11.3 Å². The van der Waals surface area contributed by atoms with Crippen LogP contribution in [-0.4, -0.2) is 66.7 Å². The molecule has 7 nitrogen and oxygen atoms in total. The molecule has 142 valence electrons. The Morgan fingerprint density at radius 2 is 1.96 bits per heavy atom. The summed E-state index contributed by atoms with van der Waals surface area (Å²) in [6.07, 6.45) is 2.44. The number of thiophene rings is 1. The Bertz CT molecular complexity index is 801. The van der Waals surface area contributed by atoms with Crippen LogP contribution in [0.25, 0.3) is 0 Å². The Labute approximate surface area is 161 Å². The molecule has 0 unspecified atom stereocenters. The minimum absolute atomic E-state index is 0.00568. The number of piperidine rings is 1. The number of sulfonamides is 1. The molecular weight excluding hydrogens is 394 g/mol. The summed E-state index contributed by atoms with van der Waals surface area (Å²) < 4.78 is 27.3. The third kappa shape index (κ3) is 3.28. The molecule has 1 spiro atoms. The van der Waals surface area contributed by atoms with Gasteiger partial charge in [-0.2, -0.15) is 4.31 Å². The van der Waals surface area contributed by atoms with Crippen LogP contribution in [0, 0.1) is 5.41 Å². The van der Waals surface area contributed by atoms with E-state index in [-0.39, 0.29) is 16.6 Å². The fourth-order valence-electron chi connectivity index (χ4n) is 4.01. The van der Waals surface area contributed by atoms with Gasteiger partial charge >= 0.3 is 0 Å². The van der Waals surface area contributed by atoms with E-state index in [1.807, 2.05) is 4.90 Å². The second kappa shape index (κ2) is 6.81. The molecule has 0 saturated carbocycles. The molecule has 10 heteroatoms. The van der Waals surface area contributed by atoms with E-state index in [2.05, 4.69) is 5.32 Å². The Kier molecular flexibility index (Phi) is 4.79. The first-order chi connectivity index (χ1) is 12.4. The molecule has 1 aromatic rings. The zero-order valence-electron chi connectivity index (χ0n) is 14.2. The van der Waals surface area contributed by atoms with Crippen molar-refractivity contribution in [2.75, 3.05) is 31.9 Å². The number of carbonyl (C=O) groups excluding carboxylic acids is 2. The summed E-state index contributed by atoms with van der Waals surface area (Å²) in [6.45, 7) is 2.35. The van der Waals surface area contributed by atoms with Gasteiger partial charge in [0.15, 0.2) is 0 Å². The number of rotatable bonds is 3. The monoisotopic (exact) mass is 415 g/mol. The standard InChI is InChI=1S/C16H21N3O4S3/c20-14(12-10-25-15(21)17-12)18-6-3-16(11-18)4-7-19(8-5-16)26(22,23)13-2-1-9-24-13/h1-2,9,12H,3-8,10-11H2,(H,17,21)/t12-/m0/s1. The van der Waals surface area contributed by atoms with E-state index in [1.54, 1.807) is 21.8 Å². The zero-order valence-corrected chi connectivity index (χ0v) is 16.7. The molecule has 3 aliphatic rings. The highest BCUT2D eigenvalue weighted by atomic mass is 32.2. The van der Waals surface area contributed by atoms with Crippen molar-refractivity contribution in [3.05, 3.63) is 17.5 Å². The maximum absolute atomic E-state index is 12.7. The van der Waals surface area contributed by atoms with Crippen molar-refractivity contribution in [2.24, 2.45) is 5.41 Å². The molecule has 0 aliphatic carbocycles. The van der Waals surface area contributed by atoms with Crippen LogP contribution in [0.5, 0.6) is 0 Å². The zero-order chi connectivity index (χ0) is 18.4. The van der Waals surface area contributed by atoms with Crippen molar-refractivity contribution in [1.82, 2.24) is 14.5 Å². The van der Waals surface area contributed by atoms with Gasteiger partial charge < -0.3 is 10.2 Å². The first kappa shape index (κ1) is 18.3. The van der Waals surface area contributed by atoms with E-state index in [0.29, 0.717) is 36.1 Å². The molecule has 0 bridgehead atoms. The third-order valence-corrected chi connectivity index (χ3v) is 9.75. The lowest BCUT2D eigenvalue weighted by atomic mass is 9.78. The lowest BCUT2D eigenvalue weighted by molar-refractivity contribution is -0.132. The fraction of sp³-hybridized carbons (Fsp3) is 0.625. The predicted molar refractivity (Wildman–Crippen MR) is 101 cm³/mol. The summed E-state index contributed by atoms with van der Waals surface area (Å²) >= 11 is 2.40. The van der Waals surface area contributed by atoms with Gasteiger partial charge in [0.1, 0.15) is 10.3 Å². The van der Waals surface area contributed by atoms with E-state index in [9.17, 15) is 18.0 Å². The molecule has 0 radical (unpaired) electrons. The summed E-state index contributed by atoms with van der Waals surface area (Å²) in [6, 6.07) is 2.99. The Morgan fingerprint density at radius 1 is 1.23 bits per heavy atom. The van der Waals surface area contributed by atoms with Gasteiger partial charge in [0.05, 0.1) is 0 Å². The molecule has 3 saturated heterocycles. The van der Waals surface area contributed by atoms with Gasteiger partial charge in [-0.25, -0.2) is 8.42 Å². The largest absolute Gasteiger partial charge is 0.340 e. The molecule has 1 atom stereocenters. The van der Waals surface area contributed by atoms with Crippen LogP contribution in [0.15, 0.2) is 21.7 Å². The molecule has 4 rings (SSSR count). The second-order valence-electron chi connectivity index (χ2n) is 7.14. The van der Waals surface area contributed by atoms with Crippen molar-refractivity contribution in [1.29, 1.82) is 0 Å². The maximum Gasteiger partial charge on any atom is 0.279 e. The maximum atomic E-state index is 12.7. The van der Waals surface area contributed by atoms with E-state index in [4.69, 9.17) is 0 Å². The van der Waals surface area contributed by atoms with Crippen molar-refractivity contribution in [3.63, 3.8) is 0 Å². The van der Waals surface area contributed by atoms with Crippen LogP contribution in [0.2, 0.25) is 0 Å². The first-order valence-corrected chi connectivity index (χ1v) is 12.0. The van der Waals surface area contributed by atoms with Crippen molar-refractivity contribution in [2.45, 2.75) is 29.5 Å². The van der Waals surface area contributed by atoms with E-state index in [0.717, 1.165) is 31.0 Å². The van der Waals surface area contributed by atoms with E-state index in [1.165, 1.54) is 11.3 Å². The Hall–Kier alpha value is -1.10. The fourth-order valence-corrected chi connectivity index (χ4v) is 7.36. The Morgan fingerprint density at radius 3 is 2.58 bits per heavy atom. The number of nitrogens with zero attached hydrogens (tertiary/aromatic N) is 2. The molecule has 3 aliphatic heterocycles. The molecule has 2 amide bonds. The highest BCUT2D eigenvalue weighted by Gasteiger charge is 2.45. The van der Waals surface area contributed by atoms with Crippen LogP contribution >= 0.6 is 23.1 Å². The number of thioether (sulfide) groups is 1. The average Bonchev–Trinajstić information content (AvgIpc) is 3.36. The third-order valence-electron chi connectivity index (χ3n) is 5.59. The second-order valence-corrected chi connectivity index (χ2v) is 11.2. The minimum Gasteiger partial charge on any atom is -0.340 e. The van der Waals surface area contributed by atoms with Gasteiger partial charge in [-0.1, -0.05) is 17.8 Å². The highest BCUT2D eigenvalue weighted by molar-refractivity contribution is 8.14. The molecule has 1 aromatic heterocycles. The summed E-state index contributed by atoms with van der Waals surface area (Å²) in [5.41, 5.74) is 0.00683. The molecule has 26 heavy (non-hydrogen) atoms. The minimum atomic E-state index is -3.39. The number of hydrogen-bond donors (Lipinski definition) is 1. The SMILES string of the molecule is O=C1N[C@H](C(=O)N2CCC3(CCN(S(=O)(=O)c4cccs4)CC3)C2)CS1. The van der Waals surface area contributed by atoms with E-state index >= 15 is 0 Å². The average molecular weight is 416 g/mol. The number of amides is 2. The number of nitrogens with one attached hydrogen (secondary N) is 1. The quantitative estimate of drug-likeness (QED) is 0.810. The molecule has 1 N–H and O–H groups in total. The smallest absolute Gasteiger partial charge is 0.279 e. The number of hydrogen-bond acceptors (Lipinski definition) is 6. The summed E-state index contributed by atoms with van der Waals surface area (Å²) in [5.74, 6) is 0.488. The molecule has 3 fully saturated rings. The summed E-state index contributed by atoms with van der Waals surface area (Å²) in [5, 5.41) is 4.35. The first-order valence-electron chi connectivity index (χ1n) is 8.65. The van der Waals surface area contributed by atoms with Crippen LogP contribution < -0.4 is 5.32 Å². The number of likely N-dealkylation sites (tertiary alicyclic amines) is 1. The summed E-state index contributed by atoms with van der Waals surface area (Å²) in [7, 11) is -3.39. The van der Waals surface area contributed by atoms with Crippen LogP contribution in [0.3, 0.4) is 0 Å². The van der Waals surface area contributed by atoms with E-state index < -0.39 is 16.1 Å². The van der Waals surface area contributed by atoms with Crippen LogP contribution in [-0.2, 0) is 14.8 Å². The molecule has 4 heterocycles. The van der Waals surface area contributed by atoms with Crippen LogP contribution in [0.4, 0.5) is 4.79 Å². The van der Waals surface area contributed by atoms with Crippen molar-refractivity contribution < 1.29 is 18.0 Å². The van der Waals surface area contributed by atoms with Crippen LogP contribution in [0.1, 0.15) is 19.3 Å².